The summed E-state index contributed by atoms with van der Waals surface area (Å²) >= 11 is 3.77. The number of alkyl halides is 1. The SMILES string of the molecule is COc1ccccc1CC(Br)c1ccc(OC(C)C)cc1. The van der Waals surface area contributed by atoms with E-state index in [4.69, 9.17) is 9.47 Å². The second-order valence-corrected chi connectivity index (χ2v) is 6.32. The van der Waals surface area contributed by atoms with Gasteiger partial charge in [0.25, 0.3) is 0 Å². The van der Waals surface area contributed by atoms with E-state index in [1.165, 1.54) is 11.1 Å². The predicted octanol–water partition coefficient (Wildman–Crippen LogP) is 5.16. The fourth-order valence-corrected chi connectivity index (χ4v) is 2.86. The lowest BCUT2D eigenvalue weighted by Crippen LogP contribution is -2.05. The van der Waals surface area contributed by atoms with Gasteiger partial charge in [-0.2, -0.15) is 0 Å². The molecule has 21 heavy (non-hydrogen) atoms. The third-order valence-electron chi connectivity index (χ3n) is 3.21. The van der Waals surface area contributed by atoms with E-state index in [-0.39, 0.29) is 10.9 Å². The Bertz CT molecular complexity index is 564. The van der Waals surface area contributed by atoms with Gasteiger partial charge in [-0.1, -0.05) is 46.3 Å². The van der Waals surface area contributed by atoms with Crippen LogP contribution in [0.1, 0.15) is 29.8 Å². The summed E-state index contributed by atoms with van der Waals surface area (Å²) in [5.41, 5.74) is 2.43. The Morgan fingerprint density at radius 3 is 2.29 bits per heavy atom. The van der Waals surface area contributed by atoms with Crippen LogP contribution in [-0.4, -0.2) is 13.2 Å². The average Bonchev–Trinajstić information content (AvgIpc) is 2.48. The number of hydrogen-bond donors (Lipinski definition) is 0. The predicted molar refractivity (Wildman–Crippen MR) is 90.6 cm³/mol. The first-order valence-electron chi connectivity index (χ1n) is 7.12. The Hall–Kier alpha value is -1.48. The van der Waals surface area contributed by atoms with E-state index in [2.05, 4.69) is 34.1 Å². The Balaban J connectivity index is 2.07. The van der Waals surface area contributed by atoms with Crippen molar-refractivity contribution in [2.45, 2.75) is 31.2 Å². The highest BCUT2D eigenvalue weighted by Gasteiger charge is 2.12. The van der Waals surface area contributed by atoms with Gasteiger partial charge in [-0.15, -0.1) is 0 Å². The molecule has 2 aromatic carbocycles. The second-order valence-electron chi connectivity index (χ2n) is 5.22. The summed E-state index contributed by atoms with van der Waals surface area (Å²) in [6, 6.07) is 16.4. The molecule has 0 N–H and O–H groups in total. The zero-order valence-corrected chi connectivity index (χ0v) is 14.3. The molecule has 0 heterocycles. The van der Waals surface area contributed by atoms with Crippen molar-refractivity contribution in [3.63, 3.8) is 0 Å². The minimum absolute atomic E-state index is 0.198. The number of benzene rings is 2. The monoisotopic (exact) mass is 348 g/mol. The lowest BCUT2D eigenvalue weighted by molar-refractivity contribution is 0.242. The van der Waals surface area contributed by atoms with Gasteiger partial charge in [0.1, 0.15) is 11.5 Å². The van der Waals surface area contributed by atoms with Crippen molar-refractivity contribution in [1.82, 2.24) is 0 Å². The van der Waals surface area contributed by atoms with Gasteiger partial charge < -0.3 is 9.47 Å². The average molecular weight is 349 g/mol. The summed E-state index contributed by atoms with van der Waals surface area (Å²) < 4.78 is 11.1. The van der Waals surface area contributed by atoms with E-state index >= 15 is 0 Å². The summed E-state index contributed by atoms with van der Waals surface area (Å²) in [6.45, 7) is 4.06. The quantitative estimate of drug-likeness (QED) is 0.671. The molecule has 0 aromatic heterocycles. The molecular formula is C18H21BrO2. The molecule has 0 radical (unpaired) electrons. The van der Waals surface area contributed by atoms with E-state index in [0.717, 1.165) is 17.9 Å². The van der Waals surface area contributed by atoms with Gasteiger partial charge in [-0.05, 0) is 49.6 Å². The first-order valence-corrected chi connectivity index (χ1v) is 8.04. The number of ether oxygens (including phenoxy) is 2. The lowest BCUT2D eigenvalue weighted by atomic mass is 10.0. The van der Waals surface area contributed by atoms with Crippen LogP contribution < -0.4 is 9.47 Å². The van der Waals surface area contributed by atoms with Crippen molar-refractivity contribution in [2.75, 3.05) is 7.11 Å². The van der Waals surface area contributed by atoms with Gasteiger partial charge >= 0.3 is 0 Å². The number of rotatable bonds is 6. The van der Waals surface area contributed by atoms with Crippen molar-refractivity contribution in [3.8, 4) is 11.5 Å². The van der Waals surface area contributed by atoms with Crippen LogP contribution in [0.3, 0.4) is 0 Å². The Labute approximate surface area is 135 Å². The molecule has 2 nitrogen and oxygen atoms in total. The molecule has 0 aliphatic carbocycles. The van der Waals surface area contributed by atoms with Crippen LogP contribution in [0.25, 0.3) is 0 Å². The molecule has 1 unspecified atom stereocenters. The van der Waals surface area contributed by atoms with E-state index in [1.54, 1.807) is 7.11 Å². The first-order chi connectivity index (χ1) is 10.1. The molecule has 0 fully saturated rings. The van der Waals surface area contributed by atoms with Crippen LogP contribution in [0, 0.1) is 0 Å². The van der Waals surface area contributed by atoms with Gasteiger partial charge in [0, 0.05) is 4.83 Å². The maximum atomic E-state index is 5.67. The largest absolute Gasteiger partial charge is 0.496 e. The standard InChI is InChI=1S/C18H21BrO2/c1-13(2)21-16-10-8-14(9-11-16)17(19)12-15-6-4-5-7-18(15)20-3/h4-11,13,17H,12H2,1-3H3. The zero-order valence-electron chi connectivity index (χ0n) is 12.7. The molecule has 2 aromatic rings. The van der Waals surface area contributed by atoms with Crippen molar-refractivity contribution < 1.29 is 9.47 Å². The highest BCUT2D eigenvalue weighted by atomic mass is 79.9. The Morgan fingerprint density at radius 2 is 1.67 bits per heavy atom. The maximum Gasteiger partial charge on any atom is 0.122 e. The highest BCUT2D eigenvalue weighted by molar-refractivity contribution is 9.09. The highest BCUT2D eigenvalue weighted by Crippen LogP contribution is 2.31. The normalized spacial score (nSPS) is 12.2. The molecule has 3 heteroatoms. The second kappa shape index (κ2) is 7.51. The number of halogens is 1. The topological polar surface area (TPSA) is 18.5 Å². The lowest BCUT2D eigenvalue weighted by Gasteiger charge is -2.14. The van der Waals surface area contributed by atoms with Gasteiger partial charge in [-0.3, -0.25) is 0 Å². The third kappa shape index (κ3) is 4.50. The number of hydrogen-bond acceptors (Lipinski definition) is 2. The van der Waals surface area contributed by atoms with Crippen molar-refractivity contribution >= 4 is 15.9 Å². The van der Waals surface area contributed by atoms with Gasteiger partial charge in [0.05, 0.1) is 13.2 Å². The minimum Gasteiger partial charge on any atom is -0.496 e. The van der Waals surface area contributed by atoms with Crippen LogP contribution >= 0.6 is 15.9 Å². The van der Waals surface area contributed by atoms with Gasteiger partial charge in [-0.25, -0.2) is 0 Å². The van der Waals surface area contributed by atoms with Crippen molar-refractivity contribution in [2.24, 2.45) is 0 Å². The van der Waals surface area contributed by atoms with Crippen LogP contribution in [0.2, 0.25) is 0 Å². The fourth-order valence-electron chi connectivity index (χ4n) is 2.21. The molecule has 2 rings (SSSR count). The zero-order chi connectivity index (χ0) is 15.2. The smallest absolute Gasteiger partial charge is 0.122 e. The van der Waals surface area contributed by atoms with Crippen molar-refractivity contribution in [1.29, 1.82) is 0 Å². The van der Waals surface area contributed by atoms with Crippen LogP contribution in [0.15, 0.2) is 48.5 Å². The number of methoxy groups -OCH3 is 1. The molecule has 0 spiro atoms. The number of para-hydroxylation sites is 1. The molecule has 0 amide bonds. The summed E-state index contributed by atoms with van der Waals surface area (Å²) in [5, 5.41) is 0. The van der Waals surface area contributed by atoms with E-state index in [0.29, 0.717) is 0 Å². The molecular weight excluding hydrogens is 328 g/mol. The molecule has 0 aliphatic rings. The van der Waals surface area contributed by atoms with Crippen molar-refractivity contribution in [3.05, 3.63) is 59.7 Å². The van der Waals surface area contributed by atoms with E-state index < -0.39 is 0 Å². The van der Waals surface area contributed by atoms with Crippen LogP contribution in [0.4, 0.5) is 0 Å². The summed E-state index contributed by atoms with van der Waals surface area (Å²) in [6.07, 6.45) is 1.08. The first kappa shape index (κ1) is 15.9. The molecule has 1 atom stereocenters. The summed E-state index contributed by atoms with van der Waals surface area (Å²) in [5.74, 6) is 1.84. The van der Waals surface area contributed by atoms with Gasteiger partial charge in [0.15, 0.2) is 0 Å². The molecule has 0 bridgehead atoms. The Morgan fingerprint density at radius 1 is 1.00 bits per heavy atom. The third-order valence-corrected chi connectivity index (χ3v) is 4.06. The summed E-state index contributed by atoms with van der Waals surface area (Å²) in [4.78, 5) is 0.252. The minimum atomic E-state index is 0.198. The van der Waals surface area contributed by atoms with E-state index in [1.807, 2.05) is 44.2 Å². The van der Waals surface area contributed by atoms with Crippen LogP contribution in [0.5, 0.6) is 11.5 Å². The molecule has 112 valence electrons. The molecule has 0 aliphatic heterocycles. The molecule has 0 saturated heterocycles. The molecule has 0 saturated carbocycles. The Kier molecular flexibility index (Phi) is 5.68. The summed E-state index contributed by atoms with van der Waals surface area (Å²) in [7, 11) is 1.71. The van der Waals surface area contributed by atoms with Gasteiger partial charge in [0.2, 0.25) is 0 Å². The van der Waals surface area contributed by atoms with E-state index in [9.17, 15) is 0 Å². The fraction of sp³-hybridized carbons (Fsp3) is 0.333. The maximum absolute atomic E-state index is 5.67. The van der Waals surface area contributed by atoms with Crippen LogP contribution in [-0.2, 0) is 6.42 Å².